The van der Waals surface area contributed by atoms with Crippen LogP contribution in [-0.2, 0) is 16.0 Å². The van der Waals surface area contributed by atoms with Crippen LogP contribution in [0.2, 0.25) is 0 Å². The predicted octanol–water partition coefficient (Wildman–Crippen LogP) is 2.68. The predicted molar refractivity (Wildman–Crippen MR) is 105 cm³/mol. The summed E-state index contributed by atoms with van der Waals surface area (Å²) < 4.78 is 5.52. The second kappa shape index (κ2) is 9.21. The molecule has 0 unspecified atom stereocenters. The van der Waals surface area contributed by atoms with Crippen LogP contribution >= 0.6 is 0 Å². The number of hydrogen-bond donors (Lipinski definition) is 0. The number of para-hydroxylation sites is 1. The van der Waals surface area contributed by atoms with Gasteiger partial charge >= 0.3 is 0 Å². The molecule has 0 N–H and O–H groups in total. The maximum Gasteiger partial charge on any atom is 0.260 e. The van der Waals surface area contributed by atoms with E-state index in [2.05, 4.69) is 19.1 Å². The maximum atomic E-state index is 12.5. The summed E-state index contributed by atoms with van der Waals surface area (Å²) in [5.41, 5.74) is 2.44. The van der Waals surface area contributed by atoms with Crippen LogP contribution in [0.1, 0.15) is 17.5 Å². The van der Waals surface area contributed by atoms with Gasteiger partial charge in [-0.25, -0.2) is 0 Å². The summed E-state index contributed by atoms with van der Waals surface area (Å²) >= 11 is 0. The molecule has 0 saturated carbocycles. The van der Waals surface area contributed by atoms with Gasteiger partial charge in [-0.1, -0.05) is 42.5 Å². The van der Waals surface area contributed by atoms with E-state index in [0.717, 1.165) is 6.42 Å². The summed E-state index contributed by atoms with van der Waals surface area (Å²) in [6.45, 7) is 4.40. The number of aryl methyl sites for hydroxylation is 2. The van der Waals surface area contributed by atoms with Gasteiger partial charge in [0.15, 0.2) is 6.61 Å². The Bertz CT molecular complexity index is 768. The first-order valence-corrected chi connectivity index (χ1v) is 9.41. The van der Waals surface area contributed by atoms with Crippen LogP contribution in [0.15, 0.2) is 54.6 Å². The van der Waals surface area contributed by atoms with Crippen molar-refractivity contribution in [2.75, 3.05) is 32.8 Å². The molecule has 1 saturated heterocycles. The number of hydrogen-bond acceptors (Lipinski definition) is 3. The lowest BCUT2D eigenvalue weighted by Gasteiger charge is -2.34. The quantitative estimate of drug-likeness (QED) is 0.790. The molecule has 142 valence electrons. The lowest BCUT2D eigenvalue weighted by Crippen LogP contribution is -2.51. The monoisotopic (exact) mass is 366 g/mol. The Balaban J connectivity index is 1.40. The fourth-order valence-corrected chi connectivity index (χ4v) is 3.25. The van der Waals surface area contributed by atoms with Crippen molar-refractivity contribution in [1.29, 1.82) is 0 Å². The fourth-order valence-electron chi connectivity index (χ4n) is 3.25. The fraction of sp³-hybridized carbons (Fsp3) is 0.364. The van der Waals surface area contributed by atoms with E-state index >= 15 is 0 Å². The molecule has 0 bridgehead atoms. The second-order valence-corrected chi connectivity index (χ2v) is 6.79. The third kappa shape index (κ3) is 5.33. The van der Waals surface area contributed by atoms with Crippen molar-refractivity contribution < 1.29 is 14.3 Å². The highest BCUT2D eigenvalue weighted by Crippen LogP contribution is 2.12. The normalized spacial score (nSPS) is 14.1. The minimum Gasteiger partial charge on any atom is -0.484 e. The lowest BCUT2D eigenvalue weighted by molar-refractivity contribution is -0.140. The molecule has 0 radical (unpaired) electrons. The first kappa shape index (κ1) is 19.0. The number of ether oxygens (including phenoxy) is 1. The largest absolute Gasteiger partial charge is 0.484 e. The summed E-state index contributed by atoms with van der Waals surface area (Å²) in [5, 5.41) is 0. The average Bonchev–Trinajstić information content (AvgIpc) is 2.72. The standard InChI is InChI=1S/C22H26N2O3/c1-18-7-5-6-8-19(18)11-12-21(25)23-13-15-24(16-14-23)22(26)17-27-20-9-3-2-4-10-20/h2-10H,11-17H2,1H3. The van der Waals surface area contributed by atoms with Crippen molar-refractivity contribution in [3.63, 3.8) is 0 Å². The maximum absolute atomic E-state index is 12.5. The van der Waals surface area contributed by atoms with E-state index in [1.165, 1.54) is 11.1 Å². The minimum absolute atomic E-state index is 0.0330. The van der Waals surface area contributed by atoms with Crippen molar-refractivity contribution in [2.45, 2.75) is 19.8 Å². The van der Waals surface area contributed by atoms with E-state index in [1.807, 2.05) is 47.4 Å². The van der Waals surface area contributed by atoms with Gasteiger partial charge in [0.25, 0.3) is 5.91 Å². The molecule has 5 heteroatoms. The van der Waals surface area contributed by atoms with Crippen LogP contribution in [0.4, 0.5) is 0 Å². The molecule has 1 heterocycles. The Hall–Kier alpha value is -2.82. The SMILES string of the molecule is Cc1ccccc1CCC(=O)N1CCN(C(=O)COc2ccccc2)CC1. The number of piperazine rings is 1. The van der Waals surface area contributed by atoms with Gasteiger partial charge < -0.3 is 14.5 Å². The van der Waals surface area contributed by atoms with Gasteiger partial charge in [-0.2, -0.15) is 0 Å². The molecule has 0 spiro atoms. The van der Waals surface area contributed by atoms with E-state index in [1.54, 1.807) is 4.90 Å². The van der Waals surface area contributed by atoms with E-state index < -0.39 is 0 Å². The van der Waals surface area contributed by atoms with E-state index in [0.29, 0.717) is 38.3 Å². The number of nitrogens with zero attached hydrogens (tertiary/aromatic N) is 2. The zero-order valence-corrected chi connectivity index (χ0v) is 15.8. The van der Waals surface area contributed by atoms with Crippen LogP contribution in [0.25, 0.3) is 0 Å². The second-order valence-electron chi connectivity index (χ2n) is 6.79. The van der Waals surface area contributed by atoms with Crippen molar-refractivity contribution in [2.24, 2.45) is 0 Å². The van der Waals surface area contributed by atoms with Crippen LogP contribution < -0.4 is 4.74 Å². The Morgan fingerprint density at radius 1 is 0.852 bits per heavy atom. The number of rotatable bonds is 6. The molecule has 1 aliphatic rings. The number of amides is 2. The highest BCUT2D eigenvalue weighted by atomic mass is 16.5. The van der Waals surface area contributed by atoms with Crippen LogP contribution in [0, 0.1) is 6.92 Å². The molecule has 2 aromatic carbocycles. The molecule has 1 fully saturated rings. The zero-order chi connectivity index (χ0) is 19.1. The van der Waals surface area contributed by atoms with Gasteiger partial charge in [-0.3, -0.25) is 9.59 Å². The molecule has 1 aliphatic heterocycles. The van der Waals surface area contributed by atoms with Crippen LogP contribution in [0.3, 0.4) is 0 Å². The van der Waals surface area contributed by atoms with Crippen LogP contribution in [-0.4, -0.2) is 54.4 Å². The van der Waals surface area contributed by atoms with Gasteiger partial charge in [0, 0.05) is 32.6 Å². The number of benzene rings is 2. The van der Waals surface area contributed by atoms with Crippen molar-refractivity contribution >= 4 is 11.8 Å². The summed E-state index contributed by atoms with van der Waals surface area (Å²) in [6, 6.07) is 17.5. The molecule has 3 rings (SSSR count). The topological polar surface area (TPSA) is 49.9 Å². The van der Waals surface area contributed by atoms with Crippen LogP contribution in [0.5, 0.6) is 5.75 Å². The highest BCUT2D eigenvalue weighted by molar-refractivity contribution is 5.79. The third-order valence-electron chi connectivity index (χ3n) is 4.96. The van der Waals surface area contributed by atoms with Crippen molar-refractivity contribution in [1.82, 2.24) is 9.80 Å². The molecular weight excluding hydrogens is 340 g/mol. The lowest BCUT2D eigenvalue weighted by atomic mass is 10.0. The smallest absolute Gasteiger partial charge is 0.260 e. The molecule has 5 nitrogen and oxygen atoms in total. The molecule has 0 aliphatic carbocycles. The summed E-state index contributed by atoms with van der Waals surface area (Å²) in [6.07, 6.45) is 1.27. The first-order valence-electron chi connectivity index (χ1n) is 9.41. The van der Waals surface area contributed by atoms with E-state index in [4.69, 9.17) is 4.74 Å². The Morgan fingerprint density at radius 3 is 2.11 bits per heavy atom. The van der Waals surface area contributed by atoms with Gasteiger partial charge in [0.2, 0.25) is 5.91 Å². The molecule has 2 amide bonds. The number of carbonyl (C=O) groups excluding carboxylic acids is 2. The molecular formula is C22H26N2O3. The van der Waals surface area contributed by atoms with E-state index in [9.17, 15) is 9.59 Å². The average molecular weight is 366 g/mol. The van der Waals surface area contributed by atoms with E-state index in [-0.39, 0.29) is 18.4 Å². The summed E-state index contributed by atoms with van der Waals surface area (Å²) in [4.78, 5) is 28.4. The first-order chi connectivity index (χ1) is 13.1. The van der Waals surface area contributed by atoms with Crippen molar-refractivity contribution in [3.05, 3.63) is 65.7 Å². The Kier molecular flexibility index (Phi) is 6.47. The Morgan fingerprint density at radius 2 is 1.44 bits per heavy atom. The Labute approximate surface area is 160 Å². The molecule has 2 aromatic rings. The van der Waals surface area contributed by atoms with Gasteiger partial charge in [0.05, 0.1) is 0 Å². The number of carbonyl (C=O) groups is 2. The van der Waals surface area contributed by atoms with Gasteiger partial charge in [-0.15, -0.1) is 0 Å². The molecule has 27 heavy (non-hydrogen) atoms. The molecule has 0 atom stereocenters. The highest BCUT2D eigenvalue weighted by Gasteiger charge is 2.24. The summed E-state index contributed by atoms with van der Waals surface area (Å²) in [5.74, 6) is 0.813. The van der Waals surface area contributed by atoms with Crippen molar-refractivity contribution in [3.8, 4) is 5.75 Å². The zero-order valence-electron chi connectivity index (χ0n) is 15.8. The van der Waals surface area contributed by atoms with Gasteiger partial charge in [0.1, 0.15) is 5.75 Å². The summed E-state index contributed by atoms with van der Waals surface area (Å²) in [7, 11) is 0. The molecule has 0 aromatic heterocycles. The minimum atomic E-state index is -0.0362. The van der Waals surface area contributed by atoms with Gasteiger partial charge in [-0.05, 0) is 36.6 Å². The third-order valence-corrected chi connectivity index (χ3v) is 4.96.